The smallest absolute Gasteiger partial charge is 0.253 e. The SMILES string of the molecule is COc1ccccc1N1CCN(c2ccc(NC(=O)C(C)C)cc2C(=O)NCCc2ccccc2)CC1. The minimum atomic E-state index is -0.147. The number of para-hydroxylation sites is 2. The van der Waals surface area contributed by atoms with Crippen LogP contribution in [0.1, 0.15) is 29.8 Å². The van der Waals surface area contributed by atoms with Crippen LogP contribution >= 0.6 is 0 Å². The Hall–Kier alpha value is -4.00. The van der Waals surface area contributed by atoms with Crippen molar-refractivity contribution in [3.8, 4) is 5.75 Å². The summed E-state index contributed by atoms with van der Waals surface area (Å²) < 4.78 is 5.55. The lowest BCUT2D eigenvalue weighted by atomic mass is 10.1. The van der Waals surface area contributed by atoms with E-state index in [-0.39, 0.29) is 17.7 Å². The molecule has 0 unspecified atom stereocenters. The van der Waals surface area contributed by atoms with Gasteiger partial charge >= 0.3 is 0 Å². The van der Waals surface area contributed by atoms with Gasteiger partial charge in [0.25, 0.3) is 5.91 Å². The fourth-order valence-corrected chi connectivity index (χ4v) is 4.50. The summed E-state index contributed by atoms with van der Waals surface area (Å²) in [5, 5.41) is 6.01. The largest absolute Gasteiger partial charge is 0.495 e. The molecule has 7 nitrogen and oxygen atoms in total. The molecule has 1 aliphatic rings. The Labute approximate surface area is 219 Å². The molecule has 0 bridgehead atoms. The van der Waals surface area contributed by atoms with Crippen molar-refractivity contribution in [2.75, 3.05) is 55.0 Å². The van der Waals surface area contributed by atoms with Crippen molar-refractivity contribution < 1.29 is 14.3 Å². The molecule has 2 amide bonds. The highest BCUT2D eigenvalue weighted by Gasteiger charge is 2.24. The maximum atomic E-state index is 13.4. The summed E-state index contributed by atoms with van der Waals surface area (Å²) in [5.74, 6) is 0.498. The van der Waals surface area contributed by atoms with Gasteiger partial charge in [0.15, 0.2) is 0 Å². The van der Waals surface area contributed by atoms with Crippen LogP contribution in [0.15, 0.2) is 72.8 Å². The molecule has 3 aromatic carbocycles. The Morgan fingerprint density at radius 2 is 1.51 bits per heavy atom. The van der Waals surface area contributed by atoms with Gasteiger partial charge in [-0.3, -0.25) is 9.59 Å². The number of ether oxygens (including phenoxy) is 1. The van der Waals surface area contributed by atoms with E-state index in [4.69, 9.17) is 4.74 Å². The number of nitrogens with one attached hydrogen (secondary N) is 2. The molecule has 1 fully saturated rings. The van der Waals surface area contributed by atoms with E-state index in [9.17, 15) is 9.59 Å². The fraction of sp³-hybridized carbons (Fsp3) is 0.333. The summed E-state index contributed by atoms with van der Waals surface area (Å²) in [6.45, 7) is 7.37. The van der Waals surface area contributed by atoms with Crippen molar-refractivity contribution in [2.45, 2.75) is 20.3 Å². The highest BCUT2D eigenvalue weighted by atomic mass is 16.5. The van der Waals surface area contributed by atoms with E-state index < -0.39 is 0 Å². The number of anilines is 3. The van der Waals surface area contributed by atoms with Crippen LogP contribution in [0.3, 0.4) is 0 Å². The first kappa shape index (κ1) is 26.1. The van der Waals surface area contributed by atoms with E-state index in [0.717, 1.165) is 49.7 Å². The lowest BCUT2D eigenvalue weighted by Crippen LogP contribution is -2.47. The number of hydrogen-bond donors (Lipinski definition) is 2. The summed E-state index contributed by atoms with van der Waals surface area (Å²) in [5.41, 5.74) is 4.33. The van der Waals surface area contributed by atoms with Crippen molar-refractivity contribution in [3.05, 3.63) is 83.9 Å². The third-order valence-corrected chi connectivity index (χ3v) is 6.62. The quantitative estimate of drug-likeness (QED) is 0.450. The van der Waals surface area contributed by atoms with Gasteiger partial charge in [-0.1, -0.05) is 56.3 Å². The molecule has 7 heteroatoms. The summed E-state index contributed by atoms with van der Waals surface area (Å²) in [6.07, 6.45) is 0.753. The van der Waals surface area contributed by atoms with Crippen LogP contribution in [0.2, 0.25) is 0 Å². The number of methoxy groups -OCH3 is 1. The number of amides is 2. The molecule has 1 saturated heterocycles. The molecule has 3 aromatic rings. The number of nitrogens with zero attached hydrogens (tertiary/aromatic N) is 2. The summed E-state index contributed by atoms with van der Waals surface area (Å²) in [4.78, 5) is 30.2. The first-order valence-electron chi connectivity index (χ1n) is 12.9. The number of benzene rings is 3. The van der Waals surface area contributed by atoms with E-state index in [0.29, 0.717) is 17.8 Å². The second-order valence-electron chi connectivity index (χ2n) is 9.51. The molecule has 0 spiro atoms. The molecule has 1 aliphatic heterocycles. The van der Waals surface area contributed by atoms with Gasteiger partial charge in [0, 0.05) is 50.0 Å². The molecule has 37 heavy (non-hydrogen) atoms. The van der Waals surface area contributed by atoms with Gasteiger partial charge in [-0.15, -0.1) is 0 Å². The fourth-order valence-electron chi connectivity index (χ4n) is 4.50. The Morgan fingerprint density at radius 1 is 0.865 bits per heavy atom. The third-order valence-electron chi connectivity index (χ3n) is 6.62. The topological polar surface area (TPSA) is 73.9 Å². The van der Waals surface area contributed by atoms with Crippen LogP contribution < -0.4 is 25.2 Å². The van der Waals surface area contributed by atoms with Crippen LogP contribution in [0.25, 0.3) is 0 Å². The lowest BCUT2D eigenvalue weighted by Gasteiger charge is -2.38. The minimum absolute atomic E-state index is 0.0754. The van der Waals surface area contributed by atoms with Gasteiger partial charge in [0.1, 0.15) is 5.75 Å². The van der Waals surface area contributed by atoms with Crippen molar-refractivity contribution in [1.29, 1.82) is 0 Å². The van der Waals surface area contributed by atoms with Gasteiger partial charge in [-0.25, -0.2) is 0 Å². The molecule has 0 aromatic heterocycles. The van der Waals surface area contributed by atoms with E-state index in [1.54, 1.807) is 13.2 Å². The molecular formula is C30H36N4O3. The number of carbonyl (C=O) groups excluding carboxylic acids is 2. The average Bonchev–Trinajstić information content (AvgIpc) is 2.93. The third kappa shape index (κ3) is 6.61. The standard InChI is InChI=1S/C30H36N4O3/c1-22(2)29(35)32-24-13-14-26(25(21-24)30(36)31-16-15-23-9-5-4-6-10-23)33-17-19-34(20-18-33)27-11-7-8-12-28(27)37-3/h4-14,21-22H,15-20H2,1-3H3,(H,31,36)(H,32,35). The zero-order chi connectivity index (χ0) is 26.2. The predicted molar refractivity (Wildman–Crippen MR) is 150 cm³/mol. The Morgan fingerprint density at radius 3 is 2.19 bits per heavy atom. The van der Waals surface area contributed by atoms with Gasteiger partial charge < -0.3 is 25.2 Å². The van der Waals surface area contributed by atoms with E-state index in [1.165, 1.54) is 5.56 Å². The van der Waals surface area contributed by atoms with Gasteiger partial charge in [0.05, 0.1) is 18.4 Å². The molecular weight excluding hydrogens is 464 g/mol. The number of hydrogen-bond acceptors (Lipinski definition) is 5. The molecule has 0 atom stereocenters. The van der Waals surface area contributed by atoms with E-state index in [2.05, 4.69) is 38.6 Å². The molecule has 0 aliphatic carbocycles. The second kappa shape index (κ2) is 12.3. The summed E-state index contributed by atoms with van der Waals surface area (Å²) >= 11 is 0. The van der Waals surface area contributed by atoms with Crippen LogP contribution in [0, 0.1) is 5.92 Å². The molecule has 1 heterocycles. The average molecular weight is 501 g/mol. The van der Waals surface area contributed by atoms with Crippen molar-refractivity contribution >= 4 is 28.9 Å². The number of piperazine rings is 1. The zero-order valence-corrected chi connectivity index (χ0v) is 21.9. The van der Waals surface area contributed by atoms with E-state index in [1.807, 2.05) is 62.4 Å². The Bertz CT molecular complexity index is 1200. The maximum absolute atomic E-state index is 13.4. The van der Waals surface area contributed by atoms with E-state index >= 15 is 0 Å². The van der Waals surface area contributed by atoms with Crippen LogP contribution in [0.4, 0.5) is 17.1 Å². The highest BCUT2D eigenvalue weighted by Crippen LogP contribution is 2.31. The van der Waals surface area contributed by atoms with Crippen molar-refractivity contribution in [1.82, 2.24) is 5.32 Å². The number of rotatable bonds is 9. The van der Waals surface area contributed by atoms with Gasteiger partial charge in [-0.05, 0) is 42.3 Å². The molecule has 2 N–H and O–H groups in total. The maximum Gasteiger partial charge on any atom is 0.253 e. The van der Waals surface area contributed by atoms with Gasteiger partial charge in [-0.2, -0.15) is 0 Å². The molecule has 194 valence electrons. The molecule has 0 saturated carbocycles. The highest BCUT2D eigenvalue weighted by molar-refractivity contribution is 6.02. The molecule has 4 rings (SSSR count). The lowest BCUT2D eigenvalue weighted by molar-refractivity contribution is -0.118. The molecule has 0 radical (unpaired) electrons. The predicted octanol–water partition coefficient (Wildman–Crippen LogP) is 4.59. The Balaban J connectivity index is 1.50. The first-order chi connectivity index (χ1) is 18.0. The number of carbonyl (C=O) groups is 2. The summed E-state index contributed by atoms with van der Waals surface area (Å²) in [7, 11) is 1.69. The van der Waals surface area contributed by atoms with Crippen LogP contribution in [-0.4, -0.2) is 51.6 Å². The Kier molecular flexibility index (Phi) is 8.67. The monoisotopic (exact) mass is 500 g/mol. The minimum Gasteiger partial charge on any atom is -0.495 e. The van der Waals surface area contributed by atoms with Crippen molar-refractivity contribution in [3.63, 3.8) is 0 Å². The normalized spacial score (nSPS) is 13.4. The van der Waals surface area contributed by atoms with Crippen LogP contribution in [-0.2, 0) is 11.2 Å². The van der Waals surface area contributed by atoms with Gasteiger partial charge in [0.2, 0.25) is 5.91 Å². The zero-order valence-electron chi connectivity index (χ0n) is 21.9. The second-order valence-corrected chi connectivity index (χ2v) is 9.51. The van der Waals surface area contributed by atoms with Crippen LogP contribution in [0.5, 0.6) is 5.75 Å². The summed E-state index contributed by atoms with van der Waals surface area (Å²) in [6, 6.07) is 23.8. The van der Waals surface area contributed by atoms with Crippen molar-refractivity contribution in [2.24, 2.45) is 5.92 Å². The first-order valence-corrected chi connectivity index (χ1v) is 12.9.